The Kier molecular flexibility index (Phi) is 5.26. The van der Waals surface area contributed by atoms with Crippen molar-refractivity contribution < 1.29 is 14.7 Å². The summed E-state index contributed by atoms with van der Waals surface area (Å²) in [6, 6.07) is 6.21. The van der Waals surface area contributed by atoms with Crippen molar-refractivity contribution in [2.45, 2.75) is 32.2 Å². The molecule has 0 unspecified atom stereocenters. The summed E-state index contributed by atoms with van der Waals surface area (Å²) in [5.74, 6) is -0.907. The monoisotopic (exact) mass is 347 g/mol. The van der Waals surface area contributed by atoms with Gasteiger partial charge in [0.1, 0.15) is 6.33 Å². The Morgan fingerprint density at radius 2 is 1.88 bits per heavy atom. The first kappa shape index (κ1) is 18.2. The largest absolute Gasteiger partial charge is 0.481 e. The number of carbonyl (C=O) groups is 2. The van der Waals surface area contributed by atoms with Gasteiger partial charge in [0.25, 0.3) is 0 Å². The van der Waals surface area contributed by atoms with Gasteiger partial charge in [-0.15, -0.1) is 0 Å². The third-order valence-corrected chi connectivity index (χ3v) is 3.61. The van der Waals surface area contributed by atoms with Gasteiger partial charge in [0.2, 0.25) is 0 Å². The first-order chi connectivity index (χ1) is 11.7. The summed E-state index contributed by atoms with van der Waals surface area (Å²) in [7, 11) is 1.61. The minimum absolute atomic E-state index is 0.0270. The van der Waals surface area contributed by atoms with Crippen LogP contribution < -0.4 is 16.3 Å². The van der Waals surface area contributed by atoms with Crippen molar-refractivity contribution in [3.63, 3.8) is 0 Å². The first-order valence-electron chi connectivity index (χ1n) is 7.70. The number of carboxylic acids is 1. The highest BCUT2D eigenvalue weighted by molar-refractivity contribution is 5.89. The van der Waals surface area contributed by atoms with Crippen LogP contribution in [-0.2, 0) is 11.8 Å². The second-order valence-corrected chi connectivity index (χ2v) is 6.34. The number of benzene rings is 1. The minimum Gasteiger partial charge on any atom is -0.481 e. The number of aromatic nitrogens is 3. The molecule has 134 valence electrons. The van der Waals surface area contributed by atoms with Crippen LogP contribution in [0.1, 0.15) is 26.7 Å². The molecule has 2 amide bonds. The zero-order chi connectivity index (χ0) is 18.6. The van der Waals surface area contributed by atoms with E-state index in [9.17, 15) is 14.4 Å². The number of nitrogens with zero attached hydrogens (tertiary/aromatic N) is 3. The molecule has 0 saturated carbocycles. The van der Waals surface area contributed by atoms with Gasteiger partial charge in [0, 0.05) is 24.7 Å². The second-order valence-electron chi connectivity index (χ2n) is 6.34. The van der Waals surface area contributed by atoms with Gasteiger partial charge < -0.3 is 15.7 Å². The summed E-state index contributed by atoms with van der Waals surface area (Å²) in [6.45, 7) is 3.51. The van der Waals surface area contributed by atoms with Crippen LogP contribution >= 0.6 is 0 Å². The number of hydrogen-bond donors (Lipinski definition) is 3. The molecule has 2 aromatic rings. The lowest BCUT2D eigenvalue weighted by molar-refractivity contribution is -0.137. The number of anilines is 1. The molecule has 0 aliphatic rings. The third kappa shape index (κ3) is 4.93. The highest BCUT2D eigenvalue weighted by Crippen LogP contribution is 2.14. The van der Waals surface area contributed by atoms with Crippen LogP contribution in [0.2, 0.25) is 0 Å². The zero-order valence-electron chi connectivity index (χ0n) is 14.3. The highest BCUT2D eigenvalue weighted by Gasteiger charge is 2.21. The lowest BCUT2D eigenvalue weighted by atomic mass is 9.99. The average Bonchev–Trinajstić information content (AvgIpc) is 2.85. The van der Waals surface area contributed by atoms with Crippen LogP contribution in [-0.4, -0.2) is 37.0 Å². The number of carbonyl (C=O) groups excluding carboxylic acids is 1. The van der Waals surface area contributed by atoms with Gasteiger partial charge in [-0.3, -0.25) is 9.36 Å². The summed E-state index contributed by atoms with van der Waals surface area (Å²) < 4.78 is 2.61. The normalized spacial score (nSPS) is 11.2. The number of hydrogen-bond acceptors (Lipinski definition) is 4. The lowest BCUT2D eigenvalue weighted by Gasteiger charge is -2.25. The molecule has 1 aromatic heterocycles. The van der Waals surface area contributed by atoms with E-state index in [1.54, 1.807) is 45.2 Å². The molecule has 25 heavy (non-hydrogen) atoms. The van der Waals surface area contributed by atoms with E-state index in [-0.39, 0.29) is 12.1 Å². The Balaban J connectivity index is 1.99. The Bertz CT molecular complexity index is 820. The maximum Gasteiger partial charge on any atom is 0.350 e. The molecular formula is C16H21N5O4. The van der Waals surface area contributed by atoms with Crippen molar-refractivity contribution in [1.29, 1.82) is 0 Å². The van der Waals surface area contributed by atoms with E-state index in [4.69, 9.17) is 5.11 Å². The fraction of sp³-hybridized carbons (Fsp3) is 0.375. The third-order valence-electron chi connectivity index (χ3n) is 3.61. The second kappa shape index (κ2) is 7.20. The van der Waals surface area contributed by atoms with E-state index in [2.05, 4.69) is 15.7 Å². The lowest BCUT2D eigenvalue weighted by Crippen LogP contribution is -2.45. The number of rotatable bonds is 6. The summed E-state index contributed by atoms with van der Waals surface area (Å²) in [6.07, 6.45) is 1.71. The predicted molar refractivity (Wildman–Crippen MR) is 91.9 cm³/mol. The van der Waals surface area contributed by atoms with Crippen LogP contribution in [0.15, 0.2) is 35.4 Å². The van der Waals surface area contributed by atoms with Crippen LogP contribution in [0.25, 0.3) is 5.69 Å². The molecule has 9 nitrogen and oxygen atoms in total. The number of nitrogens with one attached hydrogen (secondary N) is 2. The van der Waals surface area contributed by atoms with E-state index >= 15 is 0 Å². The van der Waals surface area contributed by atoms with E-state index in [0.29, 0.717) is 17.8 Å². The minimum atomic E-state index is -0.907. The van der Waals surface area contributed by atoms with Gasteiger partial charge in [-0.2, -0.15) is 9.78 Å². The standard InChI is InChI=1S/C16H21N5O4/c1-16(2,9-8-13(22)23)19-14(24)18-11-4-6-12(7-5-11)21-15(25)20(3)10-17-21/h4-7,10H,8-9H2,1-3H3,(H,22,23)(H2,18,19,24). The average molecular weight is 347 g/mol. The molecule has 0 bridgehead atoms. The molecule has 3 N–H and O–H groups in total. The number of aliphatic carboxylic acids is 1. The molecule has 1 aromatic carbocycles. The van der Waals surface area contributed by atoms with Crippen LogP contribution in [0.4, 0.5) is 10.5 Å². The van der Waals surface area contributed by atoms with Crippen molar-refractivity contribution in [2.24, 2.45) is 7.05 Å². The van der Waals surface area contributed by atoms with Crippen LogP contribution in [0.3, 0.4) is 0 Å². The smallest absolute Gasteiger partial charge is 0.350 e. The Hall–Kier alpha value is -3.10. The van der Waals surface area contributed by atoms with Gasteiger partial charge in [0.05, 0.1) is 5.69 Å². The van der Waals surface area contributed by atoms with Gasteiger partial charge in [-0.25, -0.2) is 9.59 Å². The van der Waals surface area contributed by atoms with Gasteiger partial charge in [0.15, 0.2) is 0 Å². The molecular weight excluding hydrogens is 326 g/mol. The first-order valence-corrected chi connectivity index (χ1v) is 7.70. The Morgan fingerprint density at radius 3 is 2.40 bits per heavy atom. The summed E-state index contributed by atoms with van der Waals surface area (Å²) in [5, 5.41) is 18.1. The molecule has 0 aliphatic heterocycles. The highest BCUT2D eigenvalue weighted by atomic mass is 16.4. The summed E-state index contributed by atoms with van der Waals surface area (Å²) >= 11 is 0. The van der Waals surface area contributed by atoms with Gasteiger partial charge in [-0.05, 0) is 44.5 Å². The van der Waals surface area contributed by atoms with E-state index in [1.807, 2.05) is 0 Å². The quantitative estimate of drug-likeness (QED) is 0.728. The Morgan fingerprint density at radius 1 is 1.24 bits per heavy atom. The van der Waals surface area contributed by atoms with Crippen molar-refractivity contribution in [2.75, 3.05) is 5.32 Å². The molecule has 2 rings (SSSR count). The van der Waals surface area contributed by atoms with Crippen molar-refractivity contribution in [3.8, 4) is 5.69 Å². The van der Waals surface area contributed by atoms with Crippen molar-refractivity contribution >= 4 is 17.7 Å². The summed E-state index contributed by atoms with van der Waals surface area (Å²) in [5.41, 5.74) is 0.209. The fourth-order valence-electron chi connectivity index (χ4n) is 2.19. The Labute approximate surface area is 144 Å². The molecule has 1 heterocycles. The number of aryl methyl sites for hydroxylation is 1. The molecule has 0 fully saturated rings. The molecule has 9 heteroatoms. The van der Waals surface area contributed by atoms with Gasteiger partial charge in [-0.1, -0.05) is 0 Å². The molecule has 0 spiro atoms. The van der Waals surface area contributed by atoms with E-state index < -0.39 is 17.5 Å². The van der Waals surface area contributed by atoms with Gasteiger partial charge >= 0.3 is 17.7 Å². The van der Waals surface area contributed by atoms with Crippen molar-refractivity contribution in [3.05, 3.63) is 41.1 Å². The summed E-state index contributed by atoms with van der Waals surface area (Å²) in [4.78, 5) is 34.5. The molecule has 0 aliphatic carbocycles. The maximum absolute atomic E-state index is 12.0. The number of urea groups is 1. The number of amides is 2. The van der Waals surface area contributed by atoms with E-state index in [1.165, 1.54) is 15.6 Å². The molecule has 0 atom stereocenters. The zero-order valence-corrected chi connectivity index (χ0v) is 14.3. The fourth-order valence-corrected chi connectivity index (χ4v) is 2.19. The topological polar surface area (TPSA) is 118 Å². The predicted octanol–water partition coefficient (Wildman–Crippen LogP) is 1.34. The van der Waals surface area contributed by atoms with E-state index in [0.717, 1.165) is 0 Å². The van der Waals surface area contributed by atoms with Crippen molar-refractivity contribution in [1.82, 2.24) is 19.7 Å². The number of carboxylic acid groups (broad SMARTS) is 1. The van der Waals surface area contributed by atoms with Crippen LogP contribution in [0, 0.1) is 0 Å². The molecule has 0 saturated heterocycles. The SMILES string of the molecule is Cn1cnn(-c2ccc(NC(=O)NC(C)(C)CCC(=O)O)cc2)c1=O. The maximum atomic E-state index is 12.0. The molecule has 0 radical (unpaired) electrons. The van der Waals surface area contributed by atoms with Crippen LogP contribution in [0.5, 0.6) is 0 Å².